The molecule has 0 aliphatic heterocycles. The SMILES string of the molecule is COC1CCCC(Sc2cccc(C(C)O)c2)C1. The van der Waals surface area contributed by atoms with Crippen LogP contribution in [0, 0.1) is 0 Å². The van der Waals surface area contributed by atoms with Crippen molar-refractivity contribution in [3.63, 3.8) is 0 Å². The minimum absolute atomic E-state index is 0.386. The molecule has 1 aliphatic carbocycles. The van der Waals surface area contributed by atoms with Gasteiger partial charge in [0.15, 0.2) is 0 Å². The third-order valence-corrected chi connectivity index (χ3v) is 4.84. The largest absolute Gasteiger partial charge is 0.389 e. The number of ether oxygens (including phenoxy) is 1. The maximum Gasteiger partial charge on any atom is 0.0762 e. The van der Waals surface area contributed by atoms with Crippen LogP contribution in [0.2, 0.25) is 0 Å². The van der Waals surface area contributed by atoms with Gasteiger partial charge in [0.2, 0.25) is 0 Å². The Balaban J connectivity index is 1.98. The van der Waals surface area contributed by atoms with Crippen LogP contribution in [0.25, 0.3) is 0 Å². The minimum Gasteiger partial charge on any atom is -0.389 e. The topological polar surface area (TPSA) is 29.5 Å². The molecule has 0 amide bonds. The number of hydrogen-bond acceptors (Lipinski definition) is 3. The Morgan fingerprint density at radius 2 is 2.22 bits per heavy atom. The predicted octanol–water partition coefficient (Wildman–Crippen LogP) is 3.79. The predicted molar refractivity (Wildman–Crippen MR) is 76.0 cm³/mol. The monoisotopic (exact) mass is 266 g/mol. The van der Waals surface area contributed by atoms with E-state index in [2.05, 4.69) is 12.1 Å². The molecule has 0 heterocycles. The van der Waals surface area contributed by atoms with E-state index in [1.165, 1.54) is 24.2 Å². The molecule has 1 aliphatic rings. The molecule has 3 heteroatoms. The number of aliphatic hydroxyl groups excluding tert-OH is 1. The molecule has 1 N–H and O–H groups in total. The Hall–Kier alpha value is -0.510. The van der Waals surface area contributed by atoms with E-state index < -0.39 is 0 Å². The normalized spacial score (nSPS) is 25.9. The zero-order valence-corrected chi connectivity index (χ0v) is 12.0. The number of rotatable bonds is 4. The Kier molecular flexibility index (Phi) is 5.10. The number of methoxy groups -OCH3 is 1. The Labute approximate surface area is 114 Å². The fourth-order valence-electron chi connectivity index (χ4n) is 2.46. The summed E-state index contributed by atoms with van der Waals surface area (Å²) in [6, 6.07) is 8.24. The third-order valence-electron chi connectivity index (χ3n) is 3.55. The Bertz CT molecular complexity index is 379. The van der Waals surface area contributed by atoms with Crippen molar-refractivity contribution in [1.82, 2.24) is 0 Å². The van der Waals surface area contributed by atoms with E-state index in [4.69, 9.17) is 4.74 Å². The highest BCUT2D eigenvalue weighted by Gasteiger charge is 2.22. The summed E-state index contributed by atoms with van der Waals surface area (Å²) in [6.07, 6.45) is 4.90. The van der Waals surface area contributed by atoms with Gasteiger partial charge in [-0.15, -0.1) is 11.8 Å². The number of hydrogen-bond donors (Lipinski definition) is 1. The second kappa shape index (κ2) is 6.60. The first-order valence-corrected chi connectivity index (χ1v) is 7.54. The van der Waals surface area contributed by atoms with Gasteiger partial charge in [-0.05, 0) is 50.3 Å². The van der Waals surface area contributed by atoms with Crippen LogP contribution in [0.4, 0.5) is 0 Å². The van der Waals surface area contributed by atoms with Crippen molar-refractivity contribution >= 4 is 11.8 Å². The summed E-state index contributed by atoms with van der Waals surface area (Å²) in [5, 5.41) is 10.3. The van der Waals surface area contributed by atoms with Crippen LogP contribution < -0.4 is 0 Å². The molecule has 1 fully saturated rings. The van der Waals surface area contributed by atoms with Crippen molar-refractivity contribution < 1.29 is 9.84 Å². The van der Waals surface area contributed by atoms with Gasteiger partial charge >= 0.3 is 0 Å². The number of thioether (sulfide) groups is 1. The van der Waals surface area contributed by atoms with Gasteiger partial charge in [-0.1, -0.05) is 12.1 Å². The summed E-state index contributed by atoms with van der Waals surface area (Å²) in [4.78, 5) is 1.26. The molecule has 18 heavy (non-hydrogen) atoms. The van der Waals surface area contributed by atoms with Crippen LogP contribution in [0.1, 0.15) is 44.3 Å². The second-order valence-electron chi connectivity index (χ2n) is 5.01. The first kappa shape index (κ1) is 13.9. The maximum atomic E-state index is 9.60. The molecule has 3 atom stereocenters. The fraction of sp³-hybridized carbons (Fsp3) is 0.600. The first-order chi connectivity index (χ1) is 8.69. The van der Waals surface area contributed by atoms with Gasteiger partial charge in [-0.3, -0.25) is 0 Å². The van der Waals surface area contributed by atoms with Gasteiger partial charge in [0.25, 0.3) is 0 Å². The molecule has 0 saturated heterocycles. The van der Waals surface area contributed by atoms with Gasteiger partial charge < -0.3 is 9.84 Å². The van der Waals surface area contributed by atoms with E-state index in [1.807, 2.05) is 37.9 Å². The van der Waals surface area contributed by atoms with E-state index in [-0.39, 0.29) is 6.10 Å². The van der Waals surface area contributed by atoms with E-state index in [0.717, 1.165) is 12.0 Å². The lowest BCUT2D eigenvalue weighted by Gasteiger charge is -2.27. The third kappa shape index (κ3) is 3.74. The summed E-state index contributed by atoms with van der Waals surface area (Å²) < 4.78 is 5.47. The molecule has 0 spiro atoms. The summed E-state index contributed by atoms with van der Waals surface area (Å²) in [5.41, 5.74) is 0.999. The molecule has 0 bridgehead atoms. The Morgan fingerprint density at radius 3 is 2.94 bits per heavy atom. The molecule has 1 aromatic rings. The van der Waals surface area contributed by atoms with Crippen LogP contribution in [0.5, 0.6) is 0 Å². The maximum absolute atomic E-state index is 9.60. The summed E-state index contributed by atoms with van der Waals surface area (Å²) in [5.74, 6) is 0. The van der Waals surface area contributed by atoms with Crippen LogP contribution in [0.3, 0.4) is 0 Å². The van der Waals surface area contributed by atoms with E-state index in [0.29, 0.717) is 11.4 Å². The highest BCUT2D eigenvalue weighted by molar-refractivity contribution is 8.00. The fourth-order valence-corrected chi connectivity index (χ4v) is 3.80. The molecule has 0 radical (unpaired) electrons. The molecule has 1 saturated carbocycles. The zero-order chi connectivity index (χ0) is 13.0. The Morgan fingerprint density at radius 1 is 1.39 bits per heavy atom. The van der Waals surface area contributed by atoms with Crippen molar-refractivity contribution in [2.24, 2.45) is 0 Å². The van der Waals surface area contributed by atoms with Crippen molar-refractivity contribution in [1.29, 1.82) is 0 Å². The molecular weight excluding hydrogens is 244 g/mol. The van der Waals surface area contributed by atoms with E-state index in [1.54, 1.807) is 0 Å². The van der Waals surface area contributed by atoms with Crippen molar-refractivity contribution in [3.05, 3.63) is 29.8 Å². The molecule has 1 aromatic carbocycles. The van der Waals surface area contributed by atoms with Crippen molar-refractivity contribution in [2.45, 2.75) is 55.0 Å². The minimum atomic E-state index is -0.386. The average molecular weight is 266 g/mol. The standard InChI is InChI=1S/C15H22O2S/c1-11(16)12-5-3-7-14(9-12)18-15-8-4-6-13(10-15)17-2/h3,5,7,9,11,13,15-16H,4,6,8,10H2,1-2H3. The van der Waals surface area contributed by atoms with Gasteiger partial charge in [0, 0.05) is 17.3 Å². The van der Waals surface area contributed by atoms with Gasteiger partial charge in [-0.2, -0.15) is 0 Å². The number of aliphatic hydroxyl groups is 1. The highest BCUT2D eigenvalue weighted by Crippen LogP contribution is 2.35. The molecule has 2 rings (SSSR count). The summed E-state index contributed by atoms with van der Waals surface area (Å²) >= 11 is 1.92. The van der Waals surface area contributed by atoms with Crippen LogP contribution in [-0.2, 0) is 4.74 Å². The van der Waals surface area contributed by atoms with E-state index in [9.17, 15) is 5.11 Å². The van der Waals surface area contributed by atoms with Gasteiger partial charge in [0.1, 0.15) is 0 Å². The quantitative estimate of drug-likeness (QED) is 0.899. The van der Waals surface area contributed by atoms with Crippen LogP contribution in [-0.4, -0.2) is 23.6 Å². The van der Waals surface area contributed by atoms with Crippen LogP contribution in [0.15, 0.2) is 29.2 Å². The smallest absolute Gasteiger partial charge is 0.0762 e. The molecule has 3 unspecified atom stereocenters. The van der Waals surface area contributed by atoms with E-state index >= 15 is 0 Å². The van der Waals surface area contributed by atoms with Crippen molar-refractivity contribution in [3.8, 4) is 0 Å². The molecule has 0 aromatic heterocycles. The molecule has 2 nitrogen and oxygen atoms in total. The zero-order valence-electron chi connectivity index (χ0n) is 11.1. The lowest BCUT2D eigenvalue weighted by atomic mass is 9.97. The van der Waals surface area contributed by atoms with Gasteiger partial charge in [0.05, 0.1) is 12.2 Å². The number of benzene rings is 1. The highest BCUT2D eigenvalue weighted by atomic mass is 32.2. The van der Waals surface area contributed by atoms with Crippen molar-refractivity contribution in [2.75, 3.05) is 7.11 Å². The summed E-state index contributed by atoms with van der Waals surface area (Å²) in [7, 11) is 1.81. The van der Waals surface area contributed by atoms with Crippen LogP contribution >= 0.6 is 11.8 Å². The lowest BCUT2D eigenvalue weighted by molar-refractivity contribution is 0.0730. The molecular formula is C15H22O2S. The first-order valence-electron chi connectivity index (χ1n) is 6.66. The average Bonchev–Trinajstić information content (AvgIpc) is 2.39. The second-order valence-corrected chi connectivity index (χ2v) is 6.39. The summed E-state index contributed by atoms with van der Waals surface area (Å²) in [6.45, 7) is 1.81. The lowest BCUT2D eigenvalue weighted by Crippen LogP contribution is -2.23. The van der Waals surface area contributed by atoms with Gasteiger partial charge in [-0.25, -0.2) is 0 Å². The molecule has 100 valence electrons.